The summed E-state index contributed by atoms with van der Waals surface area (Å²) < 4.78 is 10.8. The highest BCUT2D eigenvalue weighted by molar-refractivity contribution is 5.79. The number of aromatic nitrogens is 1. The highest BCUT2D eigenvalue weighted by atomic mass is 16.5. The Morgan fingerprint density at radius 2 is 1.91 bits per heavy atom. The second-order valence-electron chi connectivity index (χ2n) is 5.07. The zero-order valence-electron chi connectivity index (χ0n) is 12.8. The third-order valence-corrected chi connectivity index (χ3v) is 3.55. The Kier molecular flexibility index (Phi) is 3.73. The van der Waals surface area contributed by atoms with Crippen LogP contribution in [-0.2, 0) is 0 Å². The van der Waals surface area contributed by atoms with Gasteiger partial charge >= 0.3 is 0 Å². The van der Waals surface area contributed by atoms with Crippen LogP contribution in [0.1, 0.15) is 11.3 Å². The van der Waals surface area contributed by atoms with Crippen LogP contribution >= 0.6 is 0 Å². The zero-order chi connectivity index (χ0) is 16.4. The number of rotatable bonds is 3. The molecule has 23 heavy (non-hydrogen) atoms. The monoisotopic (exact) mass is 305 g/mol. The topological polar surface area (TPSA) is 85.1 Å². The minimum Gasteiger partial charge on any atom is -0.497 e. The lowest BCUT2D eigenvalue weighted by Crippen LogP contribution is -1.99. The molecule has 2 N–H and O–H groups in total. The molecule has 1 aromatic carbocycles. The summed E-state index contributed by atoms with van der Waals surface area (Å²) in [5.74, 6) is 2.34. The predicted octanol–water partition coefficient (Wildman–Crippen LogP) is 3.78. The van der Waals surface area contributed by atoms with Crippen molar-refractivity contribution in [1.29, 1.82) is 5.26 Å². The first-order valence-electron chi connectivity index (χ1n) is 7.04. The Hall–Kier alpha value is -3.26. The Bertz CT molecular complexity index is 890. The molecule has 0 aliphatic carbocycles. The maximum absolute atomic E-state index is 9.41. The molecular formula is C18H15N3O2. The molecule has 0 unspecified atom stereocenters. The number of nitrogens with zero attached hydrogens (tertiary/aromatic N) is 2. The number of methoxy groups -OCH3 is 1. The summed E-state index contributed by atoms with van der Waals surface area (Å²) in [6, 6.07) is 15.1. The number of aryl methyl sites for hydroxylation is 1. The number of hydrogen-bond donors (Lipinski definition) is 1. The van der Waals surface area contributed by atoms with Crippen molar-refractivity contribution in [2.75, 3.05) is 12.8 Å². The molecule has 0 saturated heterocycles. The van der Waals surface area contributed by atoms with E-state index in [0.717, 1.165) is 17.1 Å². The summed E-state index contributed by atoms with van der Waals surface area (Å²) in [5.41, 5.74) is 8.49. The minimum atomic E-state index is 0.185. The van der Waals surface area contributed by atoms with Crippen molar-refractivity contribution in [2.45, 2.75) is 6.92 Å². The van der Waals surface area contributed by atoms with E-state index in [1.165, 1.54) is 0 Å². The van der Waals surface area contributed by atoms with E-state index in [1.807, 2.05) is 49.4 Å². The predicted molar refractivity (Wildman–Crippen MR) is 87.8 cm³/mol. The molecule has 2 heterocycles. The van der Waals surface area contributed by atoms with Gasteiger partial charge in [-0.2, -0.15) is 5.26 Å². The summed E-state index contributed by atoms with van der Waals surface area (Å²) >= 11 is 0. The van der Waals surface area contributed by atoms with E-state index in [-0.39, 0.29) is 5.82 Å². The SMILES string of the molecule is COc1ccc(-c2cc(-c3ccc(C)o3)nc(N)c2C#N)cc1. The summed E-state index contributed by atoms with van der Waals surface area (Å²) in [4.78, 5) is 4.28. The van der Waals surface area contributed by atoms with E-state index in [4.69, 9.17) is 14.9 Å². The lowest BCUT2D eigenvalue weighted by atomic mass is 10.00. The Balaban J connectivity index is 2.17. The number of anilines is 1. The molecule has 5 nitrogen and oxygen atoms in total. The smallest absolute Gasteiger partial charge is 0.152 e. The summed E-state index contributed by atoms with van der Waals surface area (Å²) in [7, 11) is 1.61. The van der Waals surface area contributed by atoms with Crippen LogP contribution in [0, 0.1) is 18.3 Å². The fraction of sp³-hybridized carbons (Fsp3) is 0.111. The van der Waals surface area contributed by atoms with E-state index in [9.17, 15) is 5.26 Å². The van der Waals surface area contributed by atoms with Crippen LogP contribution in [0.4, 0.5) is 5.82 Å². The first-order valence-corrected chi connectivity index (χ1v) is 7.04. The third-order valence-electron chi connectivity index (χ3n) is 3.55. The molecule has 2 aromatic heterocycles. The van der Waals surface area contributed by atoms with Crippen molar-refractivity contribution < 1.29 is 9.15 Å². The van der Waals surface area contributed by atoms with Crippen molar-refractivity contribution in [2.24, 2.45) is 0 Å². The van der Waals surface area contributed by atoms with E-state index in [1.54, 1.807) is 7.11 Å². The van der Waals surface area contributed by atoms with Gasteiger partial charge in [-0.15, -0.1) is 0 Å². The van der Waals surface area contributed by atoms with Gasteiger partial charge < -0.3 is 14.9 Å². The van der Waals surface area contributed by atoms with Crippen molar-refractivity contribution >= 4 is 5.82 Å². The van der Waals surface area contributed by atoms with Crippen molar-refractivity contribution in [3.05, 3.63) is 53.8 Å². The van der Waals surface area contributed by atoms with Gasteiger partial charge in [-0.3, -0.25) is 0 Å². The molecule has 0 radical (unpaired) electrons. The molecule has 114 valence electrons. The Morgan fingerprint density at radius 3 is 2.48 bits per heavy atom. The van der Waals surface area contributed by atoms with Gasteiger partial charge in [0.05, 0.1) is 7.11 Å². The summed E-state index contributed by atoms with van der Waals surface area (Å²) in [5, 5.41) is 9.41. The second kappa shape index (κ2) is 5.85. The highest BCUT2D eigenvalue weighted by Crippen LogP contribution is 2.32. The first-order chi connectivity index (χ1) is 11.1. The highest BCUT2D eigenvalue weighted by Gasteiger charge is 2.15. The lowest BCUT2D eigenvalue weighted by Gasteiger charge is -2.09. The summed E-state index contributed by atoms with van der Waals surface area (Å²) in [6.45, 7) is 1.86. The number of hydrogen-bond acceptors (Lipinski definition) is 5. The summed E-state index contributed by atoms with van der Waals surface area (Å²) in [6.07, 6.45) is 0. The quantitative estimate of drug-likeness (QED) is 0.796. The molecule has 0 bridgehead atoms. The van der Waals surface area contributed by atoms with Crippen LogP contribution in [0.3, 0.4) is 0 Å². The van der Waals surface area contributed by atoms with Crippen LogP contribution in [0.15, 0.2) is 46.9 Å². The molecule has 0 aliphatic heterocycles. The standard InChI is InChI=1S/C18H15N3O2/c1-11-3-8-17(23-11)16-9-14(15(10-19)18(20)21-16)12-4-6-13(22-2)7-5-12/h3-9H,1-2H3,(H2,20,21). The number of pyridine rings is 1. The Morgan fingerprint density at radius 1 is 1.17 bits per heavy atom. The number of ether oxygens (including phenoxy) is 1. The van der Waals surface area contributed by atoms with E-state index in [2.05, 4.69) is 11.1 Å². The van der Waals surface area contributed by atoms with Crippen molar-refractivity contribution in [3.63, 3.8) is 0 Å². The largest absolute Gasteiger partial charge is 0.497 e. The van der Waals surface area contributed by atoms with Gasteiger partial charge in [0.2, 0.25) is 0 Å². The molecule has 0 amide bonds. The van der Waals surface area contributed by atoms with E-state index >= 15 is 0 Å². The molecule has 0 fully saturated rings. The molecular weight excluding hydrogens is 290 g/mol. The van der Waals surface area contributed by atoms with Crippen LogP contribution < -0.4 is 10.5 Å². The molecule has 5 heteroatoms. The van der Waals surface area contributed by atoms with Gasteiger partial charge in [-0.05, 0) is 42.8 Å². The number of benzene rings is 1. The number of nitrogen functional groups attached to an aromatic ring is 1. The van der Waals surface area contributed by atoms with Gasteiger partial charge in [0, 0.05) is 5.56 Å². The number of nitriles is 1. The molecule has 0 spiro atoms. The third kappa shape index (κ3) is 2.74. The van der Waals surface area contributed by atoms with Crippen LogP contribution in [-0.4, -0.2) is 12.1 Å². The fourth-order valence-corrected chi connectivity index (χ4v) is 2.38. The van der Waals surface area contributed by atoms with Crippen LogP contribution in [0.25, 0.3) is 22.6 Å². The average Bonchev–Trinajstić information content (AvgIpc) is 3.00. The molecule has 3 rings (SSSR count). The minimum absolute atomic E-state index is 0.185. The maximum Gasteiger partial charge on any atom is 0.152 e. The van der Waals surface area contributed by atoms with Gasteiger partial charge in [0.15, 0.2) is 5.76 Å². The lowest BCUT2D eigenvalue weighted by molar-refractivity contribution is 0.415. The molecule has 3 aromatic rings. The number of furan rings is 1. The second-order valence-corrected chi connectivity index (χ2v) is 5.07. The number of nitrogens with two attached hydrogens (primary N) is 1. The normalized spacial score (nSPS) is 10.3. The van der Waals surface area contributed by atoms with Crippen LogP contribution in [0.5, 0.6) is 5.75 Å². The average molecular weight is 305 g/mol. The molecule has 0 saturated carbocycles. The van der Waals surface area contributed by atoms with Crippen LogP contribution in [0.2, 0.25) is 0 Å². The maximum atomic E-state index is 9.41. The first kappa shape index (κ1) is 14.7. The van der Waals surface area contributed by atoms with Gasteiger partial charge in [-0.1, -0.05) is 12.1 Å². The van der Waals surface area contributed by atoms with Gasteiger partial charge in [-0.25, -0.2) is 4.98 Å². The van der Waals surface area contributed by atoms with Crippen molar-refractivity contribution in [3.8, 4) is 34.4 Å². The zero-order valence-corrected chi connectivity index (χ0v) is 12.8. The van der Waals surface area contributed by atoms with Crippen molar-refractivity contribution in [1.82, 2.24) is 4.98 Å². The Labute approximate surface area is 134 Å². The van der Waals surface area contributed by atoms with E-state index in [0.29, 0.717) is 22.6 Å². The molecule has 0 aliphatic rings. The van der Waals surface area contributed by atoms with E-state index < -0.39 is 0 Å². The molecule has 0 atom stereocenters. The fourth-order valence-electron chi connectivity index (χ4n) is 2.38. The van der Waals surface area contributed by atoms with Gasteiger partial charge in [0.25, 0.3) is 0 Å². The van der Waals surface area contributed by atoms with Gasteiger partial charge in [0.1, 0.15) is 34.7 Å².